The van der Waals surface area contributed by atoms with Gasteiger partial charge in [-0.3, -0.25) is 9.79 Å². The number of carbonyl (C=O) groups excluding carboxylic acids is 1. The molecule has 0 radical (unpaired) electrons. The average molecular weight is 522 g/mol. The molecular formula is C18H25ClIN5OS. The number of rotatable bonds is 7. The highest BCUT2D eigenvalue weighted by atomic mass is 127. The van der Waals surface area contributed by atoms with Crippen LogP contribution < -0.4 is 16.0 Å². The fourth-order valence-corrected chi connectivity index (χ4v) is 3.20. The van der Waals surface area contributed by atoms with Crippen LogP contribution in [0.15, 0.2) is 29.4 Å². The lowest BCUT2D eigenvalue weighted by atomic mass is 10.2. The maximum Gasteiger partial charge on any atom is 0.226 e. The quantitative estimate of drug-likeness (QED) is 0.293. The van der Waals surface area contributed by atoms with Gasteiger partial charge in [-0.2, -0.15) is 0 Å². The van der Waals surface area contributed by atoms with Gasteiger partial charge < -0.3 is 16.0 Å². The third kappa shape index (κ3) is 7.63. The minimum Gasteiger partial charge on any atom is -0.356 e. The molecule has 0 aliphatic rings. The van der Waals surface area contributed by atoms with Crippen molar-refractivity contribution in [3.05, 3.63) is 44.9 Å². The molecule has 0 aliphatic heterocycles. The lowest BCUT2D eigenvalue weighted by molar-refractivity contribution is -0.116. The molecule has 0 atom stereocenters. The molecule has 0 saturated heterocycles. The maximum atomic E-state index is 12.1. The Hall–Kier alpha value is -1.39. The number of halogens is 2. The largest absolute Gasteiger partial charge is 0.356 e. The summed E-state index contributed by atoms with van der Waals surface area (Å²) in [6.07, 6.45) is 3.22. The Balaban J connectivity index is 0.00000364. The van der Waals surface area contributed by atoms with Crippen molar-refractivity contribution in [3.63, 3.8) is 0 Å². The van der Waals surface area contributed by atoms with Crippen LogP contribution in [0.3, 0.4) is 0 Å². The molecule has 0 spiro atoms. The summed E-state index contributed by atoms with van der Waals surface area (Å²) in [7, 11) is 1.70. The Labute approximate surface area is 186 Å². The second kappa shape index (κ2) is 12.1. The fourth-order valence-electron chi connectivity index (χ4n) is 2.22. The van der Waals surface area contributed by atoms with Gasteiger partial charge in [-0.25, -0.2) is 4.98 Å². The fraction of sp³-hybridized carbons (Fsp3) is 0.389. The smallest absolute Gasteiger partial charge is 0.226 e. The van der Waals surface area contributed by atoms with Crippen LogP contribution >= 0.6 is 46.9 Å². The number of carbonyl (C=O) groups is 1. The third-order valence-corrected chi connectivity index (χ3v) is 5.32. The first-order chi connectivity index (χ1) is 12.5. The third-order valence-electron chi connectivity index (χ3n) is 3.77. The van der Waals surface area contributed by atoms with Crippen LogP contribution in [0.25, 0.3) is 0 Å². The van der Waals surface area contributed by atoms with E-state index in [0.717, 1.165) is 22.7 Å². The highest BCUT2D eigenvalue weighted by Gasteiger charge is 2.07. The van der Waals surface area contributed by atoms with Gasteiger partial charge in [-0.05, 0) is 31.0 Å². The number of nitrogens with one attached hydrogen (secondary N) is 3. The number of aryl methyl sites for hydroxylation is 1. The Morgan fingerprint density at radius 3 is 2.78 bits per heavy atom. The van der Waals surface area contributed by atoms with Gasteiger partial charge in [-0.1, -0.05) is 24.6 Å². The highest BCUT2D eigenvalue weighted by Crippen LogP contribution is 2.22. The van der Waals surface area contributed by atoms with Gasteiger partial charge >= 0.3 is 0 Å². The molecule has 0 saturated carbocycles. The van der Waals surface area contributed by atoms with Gasteiger partial charge in [0.1, 0.15) is 5.01 Å². The summed E-state index contributed by atoms with van der Waals surface area (Å²) in [6.45, 7) is 5.08. The van der Waals surface area contributed by atoms with Crippen LogP contribution in [-0.2, 0) is 17.8 Å². The molecule has 6 nitrogen and oxygen atoms in total. The zero-order chi connectivity index (χ0) is 18.9. The second-order valence-electron chi connectivity index (χ2n) is 5.64. The van der Waals surface area contributed by atoms with Gasteiger partial charge in [0.05, 0.1) is 6.54 Å². The molecule has 1 amide bonds. The van der Waals surface area contributed by atoms with E-state index in [-0.39, 0.29) is 29.9 Å². The lowest BCUT2D eigenvalue weighted by Gasteiger charge is -2.12. The molecule has 3 N–H and O–H groups in total. The predicted octanol–water partition coefficient (Wildman–Crippen LogP) is 3.98. The molecule has 1 aromatic heterocycles. The molecule has 9 heteroatoms. The zero-order valence-corrected chi connectivity index (χ0v) is 19.5. The SMILES string of the molecule is CCc1cnc(CNC(=NC)NCCC(=O)Nc2cccc(Cl)c2C)s1.I. The zero-order valence-electron chi connectivity index (χ0n) is 15.6. The molecule has 148 valence electrons. The molecule has 27 heavy (non-hydrogen) atoms. The van der Waals surface area contributed by atoms with Crippen molar-refractivity contribution in [1.29, 1.82) is 0 Å². The van der Waals surface area contributed by atoms with Crippen LogP contribution in [0.5, 0.6) is 0 Å². The lowest BCUT2D eigenvalue weighted by Crippen LogP contribution is -2.38. The molecule has 1 heterocycles. The minimum absolute atomic E-state index is 0. The summed E-state index contributed by atoms with van der Waals surface area (Å²) in [6, 6.07) is 5.46. The van der Waals surface area contributed by atoms with E-state index in [4.69, 9.17) is 11.6 Å². The van der Waals surface area contributed by atoms with Gasteiger partial charge in [-0.15, -0.1) is 35.3 Å². The van der Waals surface area contributed by atoms with Crippen molar-refractivity contribution in [2.45, 2.75) is 33.2 Å². The highest BCUT2D eigenvalue weighted by molar-refractivity contribution is 14.0. The molecule has 0 aliphatic carbocycles. The van der Waals surface area contributed by atoms with Gasteiger partial charge in [0, 0.05) is 41.8 Å². The average Bonchev–Trinajstić information content (AvgIpc) is 3.10. The van der Waals surface area contributed by atoms with Gasteiger partial charge in [0.15, 0.2) is 5.96 Å². The van der Waals surface area contributed by atoms with E-state index in [2.05, 4.69) is 32.9 Å². The number of guanidine groups is 1. The van der Waals surface area contributed by atoms with Crippen molar-refractivity contribution < 1.29 is 4.79 Å². The molecule has 0 bridgehead atoms. The Bertz CT molecular complexity index is 781. The summed E-state index contributed by atoms with van der Waals surface area (Å²) in [5, 5.41) is 10.9. The van der Waals surface area contributed by atoms with Gasteiger partial charge in [0.2, 0.25) is 5.91 Å². The van der Waals surface area contributed by atoms with Crippen LogP contribution in [0.4, 0.5) is 5.69 Å². The van der Waals surface area contributed by atoms with Gasteiger partial charge in [0.25, 0.3) is 0 Å². The summed E-state index contributed by atoms with van der Waals surface area (Å²) < 4.78 is 0. The van der Waals surface area contributed by atoms with Crippen LogP contribution in [0.2, 0.25) is 5.02 Å². The number of hydrogen-bond acceptors (Lipinski definition) is 4. The van der Waals surface area contributed by atoms with E-state index < -0.39 is 0 Å². The van der Waals surface area contributed by atoms with E-state index in [1.165, 1.54) is 4.88 Å². The van der Waals surface area contributed by atoms with Crippen molar-refractivity contribution >= 4 is 64.5 Å². The van der Waals surface area contributed by atoms with E-state index in [1.54, 1.807) is 24.5 Å². The number of benzene rings is 1. The minimum atomic E-state index is -0.0779. The van der Waals surface area contributed by atoms with Crippen molar-refractivity contribution in [1.82, 2.24) is 15.6 Å². The van der Waals surface area contributed by atoms with Crippen molar-refractivity contribution in [2.75, 3.05) is 18.9 Å². The van der Waals surface area contributed by atoms with Crippen molar-refractivity contribution in [3.8, 4) is 0 Å². The Kier molecular flexibility index (Phi) is 10.6. The molecule has 2 aromatic rings. The van der Waals surface area contributed by atoms with E-state index in [0.29, 0.717) is 30.5 Å². The van der Waals surface area contributed by atoms with E-state index >= 15 is 0 Å². The first kappa shape index (κ1) is 23.6. The maximum absolute atomic E-state index is 12.1. The number of aliphatic imine (C=N–C) groups is 1. The molecule has 2 rings (SSSR count). The Morgan fingerprint density at radius 2 is 2.11 bits per heavy atom. The van der Waals surface area contributed by atoms with E-state index in [1.807, 2.05) is 25.3 Å². The van der Waals surface area contributed by atoms with Crippen LogP contribution in [0.1, 0.15) is 28.8 Å². The number of amides is 1. The molecule has 1 aromatic carbocycles. The summed E-state index contributed by atoms with van der Waals surface area (Å²) in [5.41, 5.74) is 1.60. The Morgan fingerprint density at radius 1 is 1.33 bits per heavy atom. The first-order valence-electron chi connectivity index (χ1n) is 8.46. The number of anilines is 1. The predicted molar refractivity (Wildman–Crippen MR) is 125 cm³/mol. The number of aromatic nitrogens is 1. The normalized spacial score (nSPS) is 10.9. The van der Waals surface area contributed by atoms with Crippen molar-refractivity contribution in [2.24, 2.45) is 4.99 Å². The van der Waals surface area contributed by atoms with Crippen LogP contribution in [0, 0.1) is 6.92 Å². The monoisotopic (exact) mass is 521 g/mol. The number of hydrogen-bond donors (Lipinski definition) is 3. The van der Waals surface area contributed by atoms with E-state index in [9.17, 15) is 4.79 Å². The molecular weight excluding hydrogens is 497 g/mol. The molecule has 0 unspecified atom stereocenters. The topological polar surface area (TPSA) is 78.4 Å². The summed E-state index contributed by atoms with van der Waals surface area (Å²) in [4.78, 5) is 21.9. The standard InChI is InChI=1S/C18H24ClN5OS.HI/c1-4-13-10-22-17(26-13)11-23-18(20-3)21-9-8-16(25)24-15-7-5-6-14(19)12(15)2;/h5-7,10H,4,8-9,11H2,1-3H3,(H,24,25)(H2,20,21,23);1H. The second-order valence-corrected chi connectivity index (χ2v) is 7.24. The molecule has 0 fully saturated rings. The number of nitrogens with zero attached hydrogens (tertiary/aromatic N) is 2. The first-order valence-corrected chi connectivity index (χ1v) is 9.66. The summed E-state index contributed by atoms with van der Waals surface area (Å²) >= 11 is 7.75. The van der Waals surface area contributed by atoms with Crippen LogP contribution in [-0.4, -0.2) is 30.4 Å². The summed E-state index contributed by atoms with van der Waals surface area (Å²) in [5.74, 6) is 0.566. The number of thiazole rings is 1.